The smallest absolute Gasteiger partial charge is 0.252 e. The normalized spacial score (nSPS) is 10.4. The van der Waals surface area contributed by atoms with E-state index in [-0.39, 0.29) is 12.5 Å². The molecule has 0 bridgehead atoms. The first-order valence-corrected chi connectivity index (χ1v) is 6.48. The molecule has 0 aliphatic carbocycles. The molecular formula is C12H12IN3O2. The number of carbonyl (C=O) groups excluding carboxylic acids is 1. The van der Waals surface area contributed by atoms with Gasteiger partial charge in [0.2, 0.25) is 5.89 Å². The quantitative estimate of drug-likeness (QED) is 0.856. The summed E-state index contributed by atoms with van der Waals surface area (Å²) in [5, 5.41) is 6.42. The van der Waals surface area contributed by atoms with E-state index in [1.54, 1.807) is 13.0 Å². The Balaban J connectivity index is 2.06. The monoisotopic (exact) mass is 357 g/mol. The molecule has 2 rings (SSSR count). The molecule has 0 unspecified atom stereocenters. The summed E-state index contributed by atoms with van der Waals surface area (Å²) >= 11 is 2.17. The number of aryl methyl sites for hydroxylation is 2. The highest BCUT2D eigenvalue weighted by Crippen LogP contribution is 2.16. The highest BCUT2D eigenvalue weighted by atomic mass is 127. The SMILES string of the molecule is Cc1noc(CNC(=O)c2cccc(C)c2I)n1. The Kier molecular flexibility index (Phi) is 3.95. The van der Waals surface area contributed by atoms with E-state index in [1.165, 1.54) is 0 Å². The number of halogens is 1. The molecule has 18 heavy (non-hydrogen) atoms. The van der Waals surface area contributed by atoms with Crippen LogP contribution in [0.5, 0.6) is 0 Å². The van der Waals surface area contributed by atoms with E-state index in [4.69, 9.17) is 4.52 Å². The van der Waals surface area contributed by atoms with Crippen molar-refractivity contribution in [2.45, 2.75) is 20.4 Å². The standard InChI is InChI=1S/C12H12IN3O2/c1-7-4-3-5-9(11(7)13)12(17)14-6-10-15-8(2)16-18-10/h3-5H,6H2,1-2H3,(H,14,17). The molecule has 0 radical (unpaired) electrons. The first-order valence-electron chi connectivity index (χ1n) is 5.40. The van der Waals surface area contributed by atoms with Crippen LogP contribution in [-0.2, 0) is 6.54 Å². The number of nitrogens with one attached hydrogen (secondary N) is 1. The fourth-order valence-corrected chi connectivity index (χ4v) is 2.09. The zero-order valence-corrected chi connectivity index (χ0v) is 12.2. The lowest BCUT2D eigenvalue weighted by atomic mass is 10.1. The van der Waals surface area contributed by atoms with Gasteiger partial charge >= 0.3 is 0 Å². The fourth-order valence-electron chi connectivity index (χ4n) is 1.49. The molecular weight excluding hydrogens is 345 g/mol. The summed E-state index contributed by atoms with van der Waals surface area (Å²) in [5.41, 5.74) is 1.74. The maximum absolute atomic E-state index is 12.0. The molecule has 94 valence electrons. The molecule has 0 atom stereocenters. The number of hydrogen-bond acceptors (Lipinski definition) is 4. The summed E-state index contributed by atoms with van der Waals surface area (Å²) in [7, 11) is 0. The minimum Gasteiger partial charge on any atom is -0.343 e. The van der Waals surface area contributed by atoms with Gasteiger partial charge in [0.25, 0.3) is 5.91 Å². The van der Waals surface area contributed by atoms with Gasteiger partial charge in [-0.1, -0.05) is 17.3 Å². The Morgan fingerprint density at radius 1 is 1.44 bits per heavy atom. The topological polar surface area (TPSA) is 68.0 Å². The van der Waals surface area contributed by atoms with Gasteiger partial charge in [-0.2, -0.15) is 4.98 Å². The van der Waals surface area contributed by atoms with Crippen molar-refractivity contribution in [3.05, 3.63) is 44.6 Å². The van der Waals surface area contributed by atoms with Gasteiger partial charge in [-0.15, -0.1) is 0 Å². The van der Waals surface area contributed by atoms with Crippen molar-refractivity contribution in [1.29, 1.82) is 0 Å². The van der Waals surface area contributed by atoms with E-state index in [2.05, 4.69) is 38.0 Å². The van der Waals surface area contributed by atoms with Crippen LogP contribution in [0.1, 0.15) is 27.6 Å². The molecule has 5 nitrogen and oxygen atoms in total. The van der Waals surface area contributed by atoms with Gasteiger partial charge in [-0.05, 0) is 48.1 Å². The molecule has 0 saturated heterocycles. The third-order valence-corrected chi connectivity index (χ3v) is 3.84. The Morgan fingerprint density at radius 2 is 2.22 bits per heavy atom. The Hall–Kier alpha value is -1.44. The van der Waals surface area contributed by atoms with Gasteiger partial charge in [0.15, 0.2) is 5.82 Å². The number of amides is 1. The number of rotatable bonds is 3. The lowest BCUT2D eigenvalue weighted by molar-refractivity contribution is 0.0945. The predicted molar refractivity (Wildman–Crippen MR) is 74.1 cm³/mol. The van der Waals surface area contributed by atoms with Crippen molar-refractivity contribution in [3.63, 3.8) is 0 Å². The molecule has 1 aromatic heterocycles. The third-order valence-electron chi connectivity index (χ3n) is 2.41. The predicted octanol–water partition coefficient (Wildman–Crippen LogP) is 2.22. The Bertz CT molecular complexity index is 580. The summed E-state index contributed by atoms with van der Waals surface area (Å²) in [6, 6.07) is 5.63. The molecule has 1 N–H and O–H groups in total. The molecule has 2 aromatic rings. The summed E-state index contributed by atoms with van der Waals surface area (Å²) in [6.07, 6.45) is 0. The fraction of sp³-hybridized carbons (Fsp3) is 0.250. The lowest BCUT2D eigenvalue weighted by Gasteiger charge is -2.06. The van der Waals surface area contributed by atoms with Crippen molar-refractivity contribution in [1.82, 2.24) is 15.5 Å². The summed E-state index contributed by atoms with van der Waals surface area (Å²) in [5.74, 6) is 0.826. The van der Waals surface area contributed by atoms with Crippen LogP contribution in [0.25, 0.3) is 0 Å². The second kappa shape index (κ2) is 5.47. The maximum atomic E-state index is 12.0. The van der Waals surface area contributed by atoms with Gasteiger partial charge in [0.05, 0.1) is 12.1 Å². The van der Waals surface area contributed by atoms with E-state index in [1.807, 2.05) is 19.1 Å². The lowest BCUT2D eigenvalue weighted by Crippen LogP contribution is -2.24. The molecule has 1 heterocycles. The van der Waals surface area contributed by atoms with Crippen molar-refractivity contribution in [2.24, 2.45) is 0 Å². The molecule has 0 aliphatic rings. The molecule has 0 saturated carbocycles. The van der Waals surface area contributed by atoms with Gasteiger partial charge in [0.1, 0.15) is 0 Å². The van der Waals surface area contributed by atoms with E-state index >= 15 is 0 Å². The summed E-state index contributed by atoms with van der Waals surface area (Å²) < 4.78 is 5.88. The highest BCUT2D eigenvalue weighted by Gasteiger charge is 2.12. The van der Waals surface area contributed by atoms with E-state index in [0.29, 0.717) is 17.3 Å². The molecule has 0 aliphatic heterocycles. The molecule has 0 spiro atoms. The zero-order valence-electron chi connectivity index (χ0n) is 10.0. The van der Waals surface area contributed by atoms with Crippen LogP contribution in [0.4, 0.5) is 0 Å². The summed E-state index contributed by atoms with van der Waals surface area (Å²) in [4.78, 5) is 16.0. The zero-order chi connectivity index (χ0) is 13.1. The highest BCUT2D eigenvalue weighted by molar-refractivity contribution is 14.1. The van der Waals surface area contributed by atoms with Crippen LogP contribution >= 0.6 is 22.6 Å². The van der Waals surface area contributed by atoms with Crippen molar-refractivity contribution in [3.8, 4) is 0 Å². The second-order valence-corrected chi connectivity index (χ2v) is 4.93. The van der Waals surface area contributed by atoms with Crippen LogP contribution in [0.15, 0.2) is 22.7 Å². The van der Waals surface area contributed by atoms with Crippen molar-refractivity contribution < 1.29 is 9.32 Å². The van der Waals surface area contributed by atoms with E-state index in [0.717, 1.165) is 9.13 Å². The second-order valence-electron chi connectivity index (χ2n) is 3.85. The number of benzene rings is 1. The molecule has 1 amide bonds. The molecule has 1 aromatic carbocycles. The average Bonchev–Trinajstić information content (AvgIpc) is 2.76. The van der Waals surface area contributed by atoms with Gasteiger partial charge in [-0.25, -0.2) is 0 Å². The van der Waals surface area contributed by atoms with Crippen LogP contribution in [0, 0.1) is 17.4 Å². The number of nitrogens with zero attached hydrogens (tertiary/aromatic N) is 2. The largest absolute Gasteiger partial charge is 0.343 e. The third kappa shape index (κ3) is 2.87. The first-order chi connectivity index (χ1) is 8.58. The van der Waals surface area contributed by atoms with E-state index < -0.39 is 0 Å². The van der Waals surface area contributed by atoms with Crippen LogP contribution < -0.4 is 5.32 Å². The average molecular weight is 357 g/mol. The van der Waals surface area contributed by atoms with Crippen molar-refractivity contribution >= 4 is 28.5 Å². The van der Waals surface area contributed by atoms with Gasteiger partial charge in [-0.3, -0.25) is 4.79 Å². The minimum absolute atomic E-state index is 0.140. The van der Waals surface area contributed by atoms with Gasteiger partial charge in [0, 0.05) is 3.57 Å². The van der Waals surface area contributed by atoms with Crippen LogP contribution in [0.3, 0.4) is 0 Å². The Morgan fingerprint density at radius 3 is 2.89 bits per heavy atom. The first kappa shape index (κ1) is 13.0. The number of aromatic nitrogens is 2. The van der Waals surface area contributed by atoms with Crippen LogP contribution in [-0.4, -0.2) is 16.0 Å². The summed E-state index contributed by atoms with van der Waals surface area (Å²) in [6.45, 7) is 3.95. The van der Waals surface area contributed by atoms with Crippen LogP contribution in [0.2, 0.25) is 0 Å². The van der Waals surface area contributed by atoms with Gasteiger partial charge < -0.3 is 9.84 Å². The van der Waals surface area contributed by atoms with E-state index in [9.17, 15) is 4.79 Å². The molecule has 6 heteroatoms. The Labute approximate surface area is 118 Å². The minimum atomic E-state index is -0.140. The molecule has 0 fully saturated rings. The number of carbonyl (C=O) groups is 1. The number of hydrogen-bond donors (Lipinski definition) is 1. The maximum Gasteiger partial charge on any atom is 0.252 e. The van der Waals surface area contributed by atoms with Crippen molar-refractivity contribution in [2.75, 3.05) is 0 Å².